The van der Waals surface area contributed by atoms with Gasteiger partial charge in [0.1, 0.15) is 17.1 Å². The van der Waals surface area contributed by atoms with E-state index in [0.717, 1.165) is 0 Å². The predicted molar refractivity (Wildman–Crippen MR) is 76.5 cm³/mol. The lowest BCUT2D eigenvalue weighted by atomic mass is 10.1. The Bertz CT molecular complexity index is 731. The zero-order valence-electron chi connectivity index (χ0n) is 10.9. The van der Waals surface area contributed by atoms with Crippen LogP contribution in [-0.4, -0.2) is 27.1 Å². The van der Waals surface area contributed by atoms with E-state index in [9.17, 15) is 19.8 Å². The number of aromatic hydroxyl groups is 2. The zero-order valence-corrected chi connectivity index (χ0v) is 10.9. The number of phenolic OH excluding ortho intramolecular Hbond substituents is 1. The molecule has 0 bridgehead atoms. The minimum absolute atomic E-state index is 0.121. The molecular weight excluding hydrogens is 272 g/mol. The fraction of sp³-hybridized carbons (Fsp3) is 0. The van der Waals surface area contributed by atoms with Gasteiger partial charge in [0.15, 0.2) is 5.78 Å². The first kappa shape index (κ1) is 14.3. The van der Waals surface area contributed by atoms with Crippen LogP contribution in [0.3, 0.4) is 0 Å². The summed E-state index contributed by atoms with van der Waals surface area (Å²) < 4.78 is 0. The molecule has 106 valence electrons. The maximum absolute atomic E-state index is 11.9. The SMILES string of the molecule is O=C(O)c1cc(/C=C/C(=O)c2ccccc2O)ccc1O. The van der Waals surface area contributed by atoms with Gasteiger partial charge in [-0.2, -0.15) is 0 Å². The van der Waals surface area contributed by atoms with Crippen molar-refractivity contribution in [3.8, 4) is 11.5 Å². The van der Waals surface area contributed by atoms with E-state index in [0.29, 0.717) is 5.56 Å². The van der Waals surface area contributed by atoms with Gasteiger partial charge in [-0.25, -0.2) is 4.79 Å². The number of phenols is 2. The number of para-hydroxylation sites is 1. The third-order valence-electron chi connectivity index (χ3n) is 2.85. The van der Waals surface area contributed by atoms with E-state index in [1.54, 1.807) is 12.1 Å². The van der Waals surface area contributed by atoms with Gasteiger partial charge in [0.05, 0.1) is 5.56 Å². The topological polar surface area (TPSA) is 94.8 Å². The molecule has 0 aliphatic heterocycles. The van der Waals surface area contributed by atoms with Crippen molar-refractivity contribution in [3.63, 3.8) is 0 Å². The lowest BCUT2D eigenvalue weighted by Gasteiger charge is -2.01. The maximum atomic E-state index is 11.9. The second kappa shape index (κ2) is 5.92. The fourth-order valence-electron chi connectivity index (χ4n) is 1.77. The van der Waals surface area contributed by atoms with E-state index >= 15 is 0 Å². The van der Waals surface area contributed by atoms with Gasteiger partial charge >= 0.3 is 5.97 Å². The predicted octanol–water partition coefficient (Wildman–Crippen LogP) is 2.69. The molecule has 5 nitrogen and oxygen atoms in total. The molecule has 0 spiro atoms. The van der Waals surface area contributed by atoms with Crippen molar-refractivity contribution in [2.45, 2.75) is 0 Å². The number of carbonyl (C=O) groups excluding carboxylic acids is 1. The highest BCUT2D eigenvalue weighted by Gasteiger charge is 2.10. The number of carboxylic acids is 1. The molecule has 0 saturated carbocycles. The van der Waals surface area contributed by atoms with Gasteiger partial charge in [-0.05, 0) is 35.9 Å². The van der Waals surface area contributed by atoms with Crippen molar-refractivity contribution in [1.82, 2.24) is 0 Å². The summed E-state index contributed by atoms with van der Waals surface area (Å²) in [6, 6.07) is 10.1. The Labute approximate surface area is 120 Å². The molecule has 2 aromatic carbocycles. The highest BCUT2D eigenvalue weighted by atomic mass is 16.4. The van der Waals surface area contributed by atoms with Gasteiger partial charge in [-0.3, -0.25) is 4.79 Å². The Hall–Kier alpha value is -3.08. The molecule has 0 aliphatic carbocycles. The molecular formula is C16H12O5. The third-order valence-corrected chi connectivity index (χ3v) is 2.85. The molecule has 0 radical (unpaired) electrons. The number of benzene rings is 2. The van der Waals surface area contributed by atoms with Crippen LogP contribution in [0.25, 0.3) is 6.08 Å². The summed E-state index contributed by atoms with van der Waals surface area (Å²) in [6.07, 6.45) is 2.65. The normalized spacial score (nSPS) is 10.7. The van der Waals surface area contributed by atoms with Crippen molar-refractivity contribution < 1.29 is 24.9 Å². The molecule has 2 rings (SSSR count). The fourth-order valence-corrected chi connectivity index (χ4v) is 1.77. The van der Waals surface area contributed by atoms with E-state index in [1.165, 1.54) is 42.5 Å². The van der Waals surface area contributed by atoms with E-state index in [2.05, 4.69) is 0 Å². The Kier molecular flexibility index (Phi) is 4.04. The summed E-state index contributed by atoms with van der Waals surface area (Å²) in [4.78, 5) is 22.8. The Balaban J connectivity index is 2.26. The van der Waals surface area contributed by atoms with Crippen LogP contribution in [0.2, 0.25) is 0 Å². The highest BCUT2D eigenvalue weighted by molar-refractivity contribution is 6.08. The van der Waals surface area contributed by atoms with Crippen LogP contribution in [0.4, 0.5) is 0 Å². The number of carboxylic acid groups (broad SMARTS) is 1. The number of rotatable bonds is 4. The summed E-state index contributed by atoms with van der Waals surface area (Å²) in [6.45, 7) is 0. The lowest BCUT2D eigenvalue weighted by Crippen LogP contribution is -1.97. The number of allylic oxidation sites excluding steroid dienone is 1. The van der Waals surface area contributed by atoms with Crippen molar-refractivity contribution >= 4 is 17.8 Å². The molecule has 0 amide bonds. The van der Waals surface area contributed by atoms with Crippen LogP contribution in [0.1, 0.15) is 26.3 Å². The molecule has 0 heterocycles. The average Bonchev–Trinajstić information content (AvgIpc) is 2.46. The van der Waals surface area contributed by atoms with Crippen LogP contribution in [0.15, 0.2) is 48.5 Å². The van der Waals surface area contributed by atoms with Crippen LogP contribution in [-0.2, 0) is 0 Å². The van der Waals surface area contributed by atoms with Gasteiger partial charge in [-0.15, -0.1) is 0 Å². The number of ketones is 1. The number of carbonyl (C=O) groups is 2. The van der Waals surface area contributed by atoms with Crippen LogP contribution in [0.5, 0.6) is 11.5 Å². The summed E-state index contributed by atoms with van der Waals surface area (Å²) in [5.74, 6) is -2.12. The Morgan fingerprint density at radius 3 is 2.24 bits per heavy atom. The van der Waals surface area contributed by atoms with Crippen molar-refractivity contribution in [2.24, 2.45) is 0 Å². The quantitative estimate of drug-likeness (QED) is 0.592. The summed E-state index contributed by atoms with van der Waals surface area (Å²) in [7, 11) is 0. The van der Waals surface area contributed by atoms with E-state index in [4.69, 9.17) is 5.11 Å². The lowest BCUT2D eigenvalue weighted by molar-refractivity contribution is 0.0693. The van der Waals surface area contributed by atoms with Gasteiger partial charge in [-0.1, -0.05) is 24.3 Å². The highest BCUT2D eigenvalue weighted by Crippen LogP contribution is 2.20. The first-order valence-electron chi connectivity index (χ1n) is 6.06. The first-order chi connectivity index (χ1) is 9.99. The van der Waals surface area contributed by atoms with Gasteiger partial charge in [0.2, 0.25) is 0 Å². The molecule has 0 unspecified atom stereocenters. The molecule has 0 fully saturated rings. The van der Waals surface area contributed by atoms with Crippen LogP contribution in [0, 0.1) is 0 Å². The molecule has 2 aromatic rings. The smallest absolute Gasteiger partial charge is 0.339 e. The first-order valence-corrected chi connectivity index (χ1v) is 6.06. The van der Waals surface area contributed by atoms with Crippen LogP contribution < -0.4 is 0 Å². The zero-order chi connectivity index (χ0) is 15.4. The van der Waals surface area contributed by atoms with Gasteiger partial charge < -0.3 is 15.3 Å². The summed E-state index contributed by atoms with van der Waals surface area (Å²) in [5.41, 5.74) is 0.368. The number of hydrogen-bond donors (Lipinski definition) is 3. The van der Waals surface area contributed by atoms with Crippen molar-refractivity contribution in [2.75, 3.05) is 0 Å². The van der Waals surface area contributed by atoms with Crippen molar-refractivity contribution in [1.29, 1.82) is 0 Å². The minimum Gasteiger partial charge on any atom is -0.507 e. The van der Waals surface area contributed by atoms with Gasteiger partial charge in [0, 0.05) is 0 Å². The second-order valence-electron chi connectivity index (χ2n) is 4.30. The van der Waals surface area contributed by atoms with E-state index < -0.39 is 11.8 Å². The third kappa shape index (κ3) is 3.27. The maximum Gasteiger partial charge on any atom is 0.339 e. The number of hydrogen-bond acceptors (Lipinski definition) is 4. The molecule has 0 saturated heterocycles. The average molecular weight is 284 g/mol. The number of aromatic carboxylic acids is 1. The molecule has 0 aliphatic rings. The molecule has 3 N–H and O–H groups in total. The molecule has 21 heavy (non-hydrogen) atoms. The molecule has 0 aromatic heterocycles. The molecule has 5 heteroatoms. The monoisotopic (exact) mass is 284 g/mol. The Morgan fingerprint density at radius 2 is 1.57 bits per heavy atom. The standard InChI is InChI=1S/C16H12O5/c17-13-4-2-1-3-11(13)14(18)7-5-10-6-8-15(19)12(9-10)16(20)21/h1-9,17,19H,(H,20,21)/b7-5+. The van der Waals surface area contributed by atoms with E-state index in [-0.39, 0.29) is 22.6 Å². The largest absolute Gasteiger partial charge is 0.507 e. The van der Waals surface area contributed by atoms with Crippen LogP contribution >= 0.6 is 0 Å². The van der Waals surface area contributed by atoms with E-state index in [1.807, 2.05) is 0 Å². The van der Waals surface area contributed by atoms with Crippen molar-refractivity contribution in [3.05, 3.63) is 65.2 Å². The second-order valence-corrected chi connectivity index (χ2v) is 4.30. The minimum atomic E-state index is -1.25. The van der Waals surface area contributed by atoms with Gasteiger partial charge in [0.25, 0.3) is 0 Å². The molecule has 0 atom stereocenters. The summed E-state index contributed by atoms with van der Waals surface area (Å²) in [5, 5.41) is 27.9. The Morgan fingerprint density at radius 1 is 0.905 bits per heavy atom. The summed E-state index contributed by atoms with van der Waals surface area (Å²) >= 11 is 0.